The number of carbonyl (C=O) groups excluding carboxylic acids is 1. The molecule has 1 N–H and O–H groups in total. The van der Waals surface area contributed by atoms with Crippen molar-refractivity contribution < 1.29 is 13.6 Å². The van der Waals surface area contributed by atoms with Crippen LogP contribution in [0, 0.1) is 19.7 Å². The summed E-state index contributed by atoms with van der Waals surface area (Å²) >= 11 is 7.36. The molecule has 0 spiro atoms. The van der Waals surface area contributed by atoms with Crippen LogP contribution in [0.2, 0.25) is 5.02 Å². The Morgan fingerprint density at radius 1 is 1.26 bits per heavy atom. The van der Waals surface area contributed by atoms with Crippen LogP contribution in [0.3, 0.4) is 0 Å². The molecule has 0 bridgehead atoms. The summed E-state index contributed by atoms with van der Waals surface area (Å²) in [6.45, 7) is 3.38. The van der Waals surface area contributed by atoms with E-state index in [0.717, 1.165) is 5.56 Å². The number of nitrogens with one attached hydrogen (secondary N) is 1. The number of aryl methyl sites for hydroxylation is 2. The minimum Gasteiger partial charge on any atom is -0.464 e. The van der Waals surface area contributed by atoms with Crippen molar-refractivity contribution in [3.05, 3.63) is 57.6 Å². The van der Waals surface area contributed by atoms with Gasteiger partial charge in [0, 0.05) is 10.9 Å². The molecule has 7 heteroatoms. The van der Waals surface area contributed by atoms with Gasteiger partial charge in [0.25, 0.3) is 5.91 Å². The van der Waals surface area contributed by atoms with Crippen LogP contribution in [0.25, 0.3) is 11.3 Å². The molecule has 2 heterocycles. The number of thiazole rings is 1. The van der Waals surface area contributed by atoms with E-state index >= 15 is 0 Å². The zero-order valence-electron chi connectivity index (χ0n) is 12.3. The molecule has 0 radical (unpaired) electrons. The first kappa shape index (κ1) is 15.7. The summed E-state index contributed by atoms with van der Waals surface area (Å²) in [6, 6.07) is 6.00. The van der Waals surface area contributed by atoms with E-state index < -0.39 is 0 Å². The number of halogens is 2. The van der Waals surface area contributed by atoms with E-state index in [9.17, 15) is 9.18 Å². The maximum atomic E-state index is 12.9. The predicted octanol–water partition coefficient (Wildman–Crippen LogP) is 5.06. The fourth-order valence-corrected chi connectivity index (χ4v) is 3.13. The van der Waals surface area contributed by atoms with Crippen molar-refractivity contribution in [1.82, 2.24) is 4.98 Å². The lowest BCUT2D eigenvalue weighted by Gasteiger charge is -2.01. The third-order valence-electron chi connectivity index (χ3n) is 3.28. The van der Waals surface area contributed by atoms with Gasteiger partial charge in [0.2, 0.25) is 0 Å². The lowest BCUT2D eigenvalue weighted by Crippen LogP contribution is -2.12. The molecule has 3 aromatic rings. The minimum atomic E-state index is -0.371. The average Bonchev–Trinajstić information content (AvgIpc) is 3.05. The van der Waals surface area contributed by atoms with Gasteiger partial charge in [0.05, 0.1) is 16.3 Å². The Morgan fingerprint density at radius 2 is 1.96 bits per heavy atom. The zero-order valence-corrected chi connectivity index (χ0v) is 13.9. The van der Waals surface area contributed by atoms with Gasteiger partial charge in [-0.05, 0) is 38.1 Å². The molecule has 118 valence electrons. The SMILES string of the molecule is Cc1oc(C)c(C(=O)Nc2nc(-c3ccc(F)cc3)cs2)c1Cl. The fraction of sp³-hybridized carbons (Fsp3) is 0.125. The first-order chi connectivity index (χ1) is 11.0. The molecule has 2 aromatic heterocycles. The molecule has 3 rings (SSSR count). The Bertz CT molecular complexity index is 871. The van der Waals surface area contributed by atoms with E-state index in [1.807, 2.05) is 0 Å². The summed E-state index contributed by atoms with van der Waals surface area (Å²) in [7, 11) is 0. The van der Waals surface area contributed by atoms with Crippen molar-refractivity contribution in [2.24, 2.45) is 0 Å². The molecule has 0 fully saturated rings. The van der Waals surface area contributed by atoms with Crippen molar-refractivity contribution in [2.45, 2.75) is 13.8 Å². The number of nitrogens with zero attached hydrogens (tertiary/aromatic N) is 1. The second-order valence-corrected chi connectivity index (χ2v) is 6.14. The number of rotatable bonds is 3. The Hall–Kier alpha value is -2.18. The molecular weight excluding hydrogens is 339 g/mol. The molecule has 0 aliphatic carbocycles. The molecule has 4 nitrogen and oxygen atoms in total. The lowest BCUT2D eigenvalue weighted by molar-refractivity contribution is 0.102. The van der Waals surface area contributed by atoms with Gasteiger partial charge in [-0.2, -0.15) is 0 Å². The van der Waals surface area contributed by atoms with Gasteiger partial charge in [0.1, 0.15) is 17.3 Å². The number of furan rings is 1. The highest BCUT2D eigenvalue weighted by molar-refractivity contribution is 7.14. The second kappa shape index (κ2) is 6.14. The average molecular weight is 351 g/mol. The number of hydrogen-bond acceptors (Lipinski definition) is 4. The van der Waals surface area contributed by atoms with Crippen molar-refractivity contribution in [3.8, 4) is 11.3 Å². The number of benzene rings is 1. The van der Waals surface area contributed by atoms with Gasteiger partial charge >= 0.3 is 0 Å². The highest BCUT2D eigenvalue weighted by Gasteiger charge is 2.21. The highest BCUT2D eigenvalue weighted by atomic mass is 35.5. The quantitative estimate of drug-likeness (QED) is 0.717. The second-order valence-electron chi connectivity index (χ2n) is 4.90. The van der Waals surface area contributed by atoms with Gasteiger partial charge in [-0.1, -0.05) is 11.6 Å². The summed E-state index contributed by atoms with van der Waals surface area (Å²) in [6.07, 6.45) is 0. The third-order valence-corrected chi connectivity index (χ3v) is 4.49. The topological polar surface area (TPSA) is 55.1 Å². The number of amides is 1. The van der Waals surface area contributed by atoms with Crippen LogP contribution in [0.5, 0.6) is 0 Å². The monoisotopic (exact) mass is 350 g/mol. The van der Waals surface area contributed by atoms with Crippen molar-refractivity contribution in [1.29, 1.82) is 0 Å². The lowest BCUT2D eigenvalue weighted by atomic mass is 10.2. The zero-order chi connectivity index (χ0) is 16.6. The summed E-state index contributed by atoms with van der Waals surface area (Å²) in [4.78, 5) is 16.7. The number of anilines is 1. The maximum absolute atomic E-state index is 12.9. The molecule has 1 aromatic carbocycles. The first-order valence-electron chi connectivity index (χ1n) is 6.74. The Balaban J connectivity index is 1.81. The number of carbonyl (C=O) groups is 1. The fourth-order valence-electron chi connectivity index (χ4n) is 2.16. The van der Waals surface area contributed by atoms with Crippen LogP contribution in [-0.2, 0) is 0 Å². The number of aromatic nitrogens is 1. The molecule has 0 unspecified atom stereocenters. The summed E-state index contributed by atoms with van der Waals surface area (Å²) in [5.41, 5.74) is 1.75. The molecular formula is C16H12ClFN2O2S. The highest BCUT2D eigenvalue weighted by Crippen LogP contribution is 2.29. The van der Waals surface area contributed by atoms with Crippen molar-refractivity contribution >= 4 is 34.0 Å². The molecule has 0 aliphatic rings. The van der Waals surface area contributed by atoms with Gasteiger partial charge < -0.3 is 4.42 Å². The van der Waals surface area contributed by atoms with E-state index in [2.05, 4.69) is 10.3 Å². The summed E-state index contributed by atoms with van der Waals surface area (Å²) in [5.74, 6) is 0.281. The normalized spacial score (nSPS) is 10.8. The van der Waals surface area contributed by atoms with Crippen molar-refractivity contribution in [2.75, 3.05) is 5.32 Å². The van der Waals surface area contributed by atoms with E-state index in [1.54, 1.807) is 31.4 Å². The molecule has 23 heavy (non-hydrogen) atoms. The third kappa shape index (κ3) is 3.13. The summed E-state index contributed by atoms with van der Waals surface area (Å²) < 4.78 is 18.3. The largest absolute Gasteiger partial charge is 0.464 e. The van der Waals surface area contributed by atoms with Crippen molar-refractivity contribution in [3.63, 3.8) is 0 Å². The van der Waals surface area contributed by atoms with Gasteiger partial charge in [-0.3, -0.25) is 10.1 Å². The predicted molar refractivity (Wildman–Crippen MR) is 88.7 cm³/mol. The van der Waals surface area contributed by atoms with Crippen LogP contribution in [0.15, 0.2) is 34.1 Å². The number of hydrogen-bond donors (Lipinski definition) is 1. The van der Waals surface area contributed by atoms with E-state index in [4.69, 9.17) is 16.0 Å². The Morgan fingerprint density at radius 3 is 2.57 bits per heavy atom. The Labute approximate surface area is 140 Å². The molecule has 0 aliphatic heterocycles. The van der Waals surface area contributed by atoms with Crippen LogP contribution >= 0.6 is 22.9 Å². The summed E-state index contributed by atoms with van der Waals surface area (Å²) in [5, 5.41) is 5.23. The molecule has 0 saturated heterocycles. The molecule has 1 amide bonds. The first-order valence-corrected chi connectivity index (χ1v) is 8.00. The van der Waals surface area contributed by atoms with E-state index in [1.165, 1.54) is 23.5 Å². The Kier molecular flexibility index (Phi) is 4.19. The van der Waals surface area contributed by atoms with Crippen LogP contribution < -0.4 is 5.32 Å². The van der Waals surface area contributed by atoms with Crippen LogP contribution in [-0.4, -0.2) is 10.9 Å². The standard InChI is InChI=1S/C16H12ClFN2O2S/c1-8-13(14(17)9(2)22-8)15(21)20-16-19-12(7-23-16)10-3-5-11(18)6-4-10/h3-7H,1-2H3,(H,19,20,21). The van der Waals surface area contributed by atoms with E-state index in [-0.39, 0.29) is 11.7 Å². The molecule has 0 atom stereocenters. The van der Waals surface area contributed by atoms with Gasteiger partial charge in [-0.15, -0.1) is 11.3 Å². The van der Waals surface area contributed by atoms with Gasteiger partial charge in [-0.25, -0.2) is 9.37 Å². The maximum Gasteiger partial charge on any atom is 0.262 e. The van der Waals surface area contributed by atoms with Crippen LogP contribution in [0.4, 0.5) is 9.52 Å². The minimum absolute atomic E-state index is 0.301. The van der Waals surface area contributed by atoms with E-state index in [0.29, 0.717) is 32.9 Å². The molecule has 0 saturated carbocycles. The smallest absolute Gasteiger partial charge is 0.262 e. The van der Waals surface area contributed by atoms with Gasteiger partial charge in [0.15, 0.2) is 5.13 Å². The van der Waals surface area contributed by atoms with Crippen LogP contribution in [0.1, 0.15) is 21.9 Å².